The second-order valence-corrected chi connectivity index (χ2v) is 6.81. The number of nitrogens with one attached hydrogen (secondary N) is 4. The molecule has 0 aromatic heterocycles. The molecule has 5 heteroatoms. The molecule has 3 unspecified atom stereocenters. The molecule has 0 spiro atoms. The summed E-state index contributed by atoms with van der Waals surface area (Å²) in [7, 11) is 0. The molecule has 2 aliphatic heterocycles. The monoisotopic (exact) mass is 282 g/mol. The van der Waals surface area contributed by atoms with E-state index in [1.54, 1.807) is 0 Å². The van der Waals surface area contributed by atoms with Crippen molar-refractivity contribution in [3.8, 4) is 0 Å². The van der Waals surface area contributed by atoms with E-state index in [9.17, 15) is 0 Å². The largest absolute Gasteiger partial charge is 0.313 e. The summed E-state index contributed by atoms with van der Waals surface area (Å²) in [6, 6.07) is 0.532. The SMILES string of the molecule is CC1CC(C2CCC(CNC3CNCCN3)CC2)ON1. The molecule has 3 atom stereocenters. The summed E-state index contributed by atoms with van der Waals surface area (Å²) in [5, 5.41) is 10.6. The zero-order valence-electron chi connectivity index (χ0n) is 12.7. The van der Waals surface area contributed by atoms with Gasteiger partial charge in [0.2, 0.25) is 0 Å². The highest BCUT2D eigenvalue weighted by Crippen LogP contribution is 2.34. The average Bonchev–Trinajstić information content (AvgIpc) is 2.93. The molecule has 2 saturated heterocycles. The fourth-order valence-electron chi connectivity index (χ4n) is 3.81. The predicted molar refractivity (Wildman–Crippen MR) is 80.2 cm³/mol. The van der Waals surface area contributed by atoms with Gasteiger partial charge < -0.3 is 10.6 Å². The van der Waals surface area contributed by atoms with Gasteiger partial charge in [-0.2, -0.15) is 5.48 Å². The third kappa shape index (κ3) is 3.92. The normalized spacial score (nSPS) is 42.8. The fourth-order valence-corrected chi connectivity index (χ4v) is 3.81. The van der Waals surface area contributed by atoms with Crippen LogP contribution in [0.3, 0.4) is 0 Å². The molecule has 0 aromatic carbocycles. The number of piperazine rings is 1. The summed E-state index contributed by atoms with van der Waals surface area (Å²) in [6.45, 7) is 6.59. The topological polar surface area (TPSA) is 57.3 Å². The molecular formula is C15H30N4O. The van der Waals surface area contributed by atoms with Gasteiger partial charge >= 0.3 is 0 Å². The molecule has 3 rings (SSSR count). The maximum atomic E-state index is 5.71. The Morgan fingerprint density at radius 1 is 1.15 bits per heavy atom. The van der Waals surface area contributed by atoms with E-state index < -0.39 is 0 Å². The Labute approximate surface area is 122 Å². The van der Waals surface area contributed by atoms with E-state index in [0.717, 1.165) is 38.0 Å². The van der Waals surface area contributed by atoms with Crippen LogP contribution in [0, 0.1) is 11.8 Å². The summed E-state index contributed by atoms with van der Waals surface area (Å²) < 4.78 is 0. The van der Waals surface area contributed by atoms with Gasteiger partial charge in [-0.1, -0.05) is 0 Å². The van der Waals surface area contributed by atoms with E-state index in [-0.39, 0.29) is 0 Å². The van der Waals surface area contributed by atoms with Gasteiger partial charge in [-0.05, 0) is 57.4 Å². The van der Waals surface area contributed by atoms with Gasteiger partial charge in [0.15, 0.2) is 0 Å². The Balaban J connectivity index is 1.33. The highest BCUT2D eigenvalue weighted by Gasteiger charge is 2.33. The van der Waals surface area contributed by atoms with E-state index in [1.165, 1.54) is 32.1 Å². The number of hydrogen-bond acceptors (Lipinski definition) is 5. The van der Waals surface area contributed by atoms with Gasteiger partial charge in [-0.15, -0.1) is 0 Å². The zero-order chi connectivity index (χ0) is 13.8. The maximum Gasteiger partial charge on any atom is 0.0834 e. The molecule has 1 aliphatic carbocycles. The first-order chi connectivity index (χ1) is 9.81. The van der Waals surface area contributed by atoms with Crippen LogP contribution in [0.5, 0.6) is 0 Å². The molecule has 1 saturated carbocycles. The first kappa shape index (κ1) is 14.7. The molecule has 0 radical (unpaired) electrons. The van der Waals surface area contributed by atoms with Crippen molar-refractivity contribution in [3.05, 3.63) is 0 Å². The minimum absolute atomic E-state index is 0.461. The molecule has 4 N–H and O–H groups in total. The molecule has 0 bridgehead atoms. The van der Waals surface area contributed by atoms with Crippen molar-refractivity contribution in [3.63, 3.8) is 0 Å². The van der Waals surface area contributed by atoms with Crippen molar-refractivity contribution in [1.29, 1.82) is 0 Å². The molecule has 5 nitrogen and oxygen atoms in total. The third-order valence-electron chi connectivity index (χ3n) is 5.12. The number of hydroxylamine groups is 1. The van der Waals surface area contributed by atoms with Gasteiger partial charge in [-0.25, -0.2) is 0 Å². The van der Waals surface area contributed by atoms with Crippen LogP contribution in [0.2, 0.25) is 0 Å². The van der Waals surface area contributed by atoms with Crippen LogP contribution in [-0.4, -0.2) is 44.5 Å². The van der Waals surface area contributed by atoms with Crippen LogP contribution in [0.25, 0.3) is 0 Å². The van der Waals surface area contributed by atoms with E-state index in [2.05, 4.69) is 28.4 Å². The molecule has 3 fully saturated rings. The average molecular weight is 282 g/mol. The van der Waals surface area contributed by atoms with Crippen LogP contribution in [0.1, 0.15) is 39.0 Å². The quantitative estimate of drug-likeness (QED) is 0.608. The Morgan fingerprint density at radius 3 is 2.65 bits per heavy atom. The molecule has 20 heavy (non-hydrogen) atoms. The van der Waals surface area contributed by atoms with Crippen LogP contribution in [0.15, 0.2) is 0 Å². The Bertz CT molecular complexity index is 288. The molecule has 116 valence electrons. The molecular weight excluding hydrogens is 252 g/mol. The third-order valence-corrected chi connectivity index (χ3v) is 5.12. The second-order valence-electron chi connectivity index (χ2n) is 6.81. The Morgan fingerprint density at radius 2 is 2.00 bits per heavy atom. The van der Waals surface area contributed by atoms with E-state index in [1.807, 2.05) is 0 Å². The van der Waals surface area contributed by atoms with Crippen molar-refractivity contribution in [2.45, 2.75) is 57.3 Å². The lowest BCUT2D eigenvalue weighted by Gasteiger charge is -2.33. The van der Waals surface area contributed by atoms with Gasteiger partial charge in [-0.3, -0.25) is 10.2 Å². The van der Waals surface area contributed by atoms with Gasteiger partial charge in [0.1, 0.15) is 0 Å². The summed E-state index contributed by atoms with van der Waals surface area (Å²) in [4.78, 5) is 5.71. The first-order valence-electron chi connectivity index (χ1n) is 8.40. The Hall–Kier alpha value is -0.200. The van der Waals surface area contributed by atoms with Crippen LogP contribution in [0.4, 0.5) is 0 Å². The van der Waals surface area contributed by atoms with Gasteiger partial charge in [0.25, 0.3) is 0 Å². The first-order valence-corrected chi connectivity index (χ1v) is 8.40. The van der Waals surface area contributed by atoms with Crippen molar-refractivity contribution >= 4 is 0 Å². The van der Waals surface area contributed by atoms with Gasteiger partial charge in [0, 0.05) is 25.7 Å². The van der Waals surface area contributed by atoms with Crippen molar-refractivity contribution in [2.75, 3.05) is 26.2 Å². The summed E-state index contributed by atoms with van der Waals surface area (Å²) in [6.07, 6.45) is 7.49. The van der Waals surface area contributed by atoms with E-state index in [0.29, 0.717) is 18.3 Å². The lowest BCUT2D eigenvalue weighted by Crippen LogP contribution is -2.56. The molecule has 3 aliphatic rings. The maximum absolute atomic E-state index is 5.71. The minimum atomic E-state index is 0.461. The van der Waals surface area contributed by atoms with Crippen molar-refractivity contribution in [1.82, 2.24) is 21.4 Å². The highest BCUT2D eigenvalue weighted by atomic mass is 16.7. The number of hydrogen-bond donors (Lipinski definition) is 4. The van der Waals surface area contributed by atoms with E-state index >= 15 is 0 Å². The smallest absolute Gasteiger partial charge is 0.0834 e. The van der Waals surface area contributed by atoms with Gasteiger partial charge in [0.05, 0.1) is 12.3 Å². The fraction of sp³-hybridized carbons (Fsp3) is 1.00. The van der Waals surface area contributed by atoms with Crippen LogP contribution >= 0.6 is 0 Å². The molecule has 2 heterocycles. The lowest BCUT2D eigenvalue weighted by atomic mass is 9.78. The van der Waals surface area contributed by atoms with Crippen LogP contribution in [-0.2, 0) is 4.84 Å². The summed E-state index contributed by atoms with van der Waals surface area (Å²) in [5.74, 6) is 1.62. The lowest BCUT2D eigenvalue weighted by molar-refractivity contribution is -0.0175. The van der Waals surface area contributed by atoms with Crippen molar-refractivity contribution in [2.24, 2.45) is 11.8 Å². The number of rotatable bonds is 4. The Kier molecular flexibility index (Phi) is 5.29. The second kappa shape index (κ2) is 7.18. The minimum Gasteiger partial charge on any atom is -0.313 e. The van der Waals surface area contributed by atoms with E-state index in [4.69, 9.17) is 4.84 Å². The van der Waals surface area contributed by atoms with Crippen molar-refractivity contribution < 1.29 is 4.84 Å². The standard InChI is InChI=1S/C15H30N4O/c1-11-8-14(20-19-11)13-4-2-12(3-5-13)9-18-15-10-16-6-7-17-15/h11-19H,2-10H2,1H3. The van der Waals surface area contributed by atoms with Crippen LogP contribution < -0.4 is 21.4 Å². The summed E-state index contributed by atoms with van der Waals surface area (Å²) in [5.41, 5.74) is 3.12. The summed E-state index contributed by atoms with van der Waals surface area (Å²) >= 11 is 0. The molecule has 0 amide bonds. The molecule has 0 aromatic rings. The predicted octanol–water partition coefficient (Wildman–Crippen LogP) is 0.583. The highest BCUT2D eigenvalue weighted by molar-refractivity contribution is 4.84. The zero-order valence-corrected chi connectivity index (χ0v) is 12.7.